The molecule has 0 saturated carbocycles. The minimum atomic E-state index is -5.84. The molecule has 1 aromatic heterocycles. The summed E-state index contributed by atoms with van der Waals surface area (Å²) in [5.74, 6) is -1.99. The van der Waals surface area contributed by atoms with Crippen LogP contribution in [0.2, 0.25) is 0 Å². The maximum Gasteiger partial charge on any atom is 0.502 e. The van der Waals surface area contributed by atoms with Gasteiger partial charge in [0.25, 0.3) is 9.84 Å². The number of hydrogen-bond acceptors (Lipinski definition) is 5. The van der Waals surface area contributed by atoms with E-state index in [1.165, 1.54) is 24.3 Å². The number of aryl methyl sites for hydroxylation is 1. The van der Waals surface area contributed by atoms with Gasteiger partial charge in [-0.25, -0.2) is 17.6 Å². The lowest BCUT2D eigenvalue weighted by molar-refractivity contribution is -0.0437. The Kier molecular flexibility index (Phi) is 4.46. The van der Waals surface area contributed by atoms with Crippen molar-refractivity contribution in [3.05, 3.63) is 64.3 Å². The van der Waals surface area contributed by atoms with Crippen LogP contribution in [-0.2, 0) is 9.84 Å². The van der Waals surface area contributed by atoms with Crippen LogP contribution in [0.25, 0.3) is 11.0 Å². The summed E-state index contributed by atoms with van der Waals surface area (Å²) in [5.41, 5.74) is -5.57. The first-order valence-corrected chi connectivity index (χ1v) is 8.80. The number of benzene rings is 2. The number of fused-ring (bicyclic) bond motifs is 1. The Hall–Kier alpha value is -2.88. The van der Waals surface area contributed by atoms with Gasteiger partial charge in [-0.15, -0.1) is 0 Å². The van der Waals surface area contributed by atoms with E-state index < -0.39 is 37.4 Å². The molecule has 0 aliphatic carbocycles. The molecule has 0 amide bonds. The van der Waals surface area contributed by atoms with E-state index in [-0.39, 0.29) is 17.4 Å². The monoisotopic (exact) mass is 402 g/mol. The number of hydrogen-bond donors (Lipinski definition) is 0. The van der Waals surface area contributed by atoms with Crippen molar-refractivity contribution in [3.63, 3.8) is 0 Å². The summed E-state index contributed by atoms with van der Waals surface area (Å²) in [6.07, 6.45) is 0. The summed E-state index contributed by atoms with van der Waals surface area (Å²) < 4.78 is 85.5. The molecule has 5 nitrogen and oxygen atoms in total. The SMILES string of the molecule is Cc1cc(=O)oc2cc(Oc3ccc(F)cc3S(=O)(=O)C(F)(F)F)ccc12. The highest BCUT2D eigenvalue weighted by Gasteiger charge is 2.48. The predicted molar refractivity (Wildman–Crippen MR) is 86.9 cm³/mol. The molecule has 0 spiro atoms. The zero-order valence-electron chi connectivity index (χ0n) is 13.5. The second-order valence-corrected chi connectivity index (χ2v) is 7.46. The van der Waals surface area contributed by atoms with Crippen LogP contribution in [0.1, 0.15) is 5.56 Å². The molecule has 0 fully saturated rings. The molecule has 10 heteroatoms. The summed E-state index contributed by atoms with van der Waals surface area (Å²) >= 11 is 0. The Bertz CT molecular complexity index is 1200. The third-order valence-electron chi connectivity index (χ3n) is 3.65. The number of sulfone groups is 1. The molecule has 0 aliphatic rings. The second-order valence-electron chi connectivity index (χ2n) is 5.55. The Balaban J connectivity index is 2.12. The zero-order chi connectivity index (χ0) is 20.0. The molecule has 2 aromatic carbocycles. The van der Waals surface area contributed by atoms with Gasteiger partial charge in [-0.1, -0.05) is 0 Å². The molecule has 142 valence electrons. The number of ether oxygens (including phenoxy) is 1. The summed E-state index contributed by atoms with van der Waals surface area (Å²) in [5, 5.41) is 0.559. The van der Waals surface area contributed by atoms with Gasteiger partial charge in [0.05, 0.1) is 0 Å². The van der Waals surface area contributed by atoms with Crippen LogP contribution in [0.3, 0.4) is 0 Å². The summed E-state index contributed by atoms with van der Waals surface area (Å²) in [6.45, 7) is 1.66. The quantitative estimate of drug-likeness (QED) is 0.482. The van der Waals surface area contributed by atoms with Crippen molar-refractivity contribution in [2.45, 2.75) is 17.3 Å². The summed E-state index contributed by atoms with van der Waals surface area (Å²) in [6, 6.07) is 7.07. The van der Waals surface area contributed by atoms with Crippen LogP contribution in [0, 0.1) is 12.7 Å². The molecular weight excluding hydrogens is 392 g/mol. The lowest BCUT2D eigenvalue weighted by Gasteiger charge is -2.14. The predicted octanol–water partition coefficient (Wildman–Crippen LogP) is 4.33. The summed E-state index contributed by atoms with van der Waals surface area (Å²) in [7, 11) is -5.84. The Labute approximate surface area is 149 Å². The van der Waals surface area contributed by atoms with Gasteiger partial charge in [-0.3, -0.25) is 0 Å². The standard InChI is InChI=1S/C17H10F4O5S/c1-9-6-16(22)26-14-8-11(3-4-12(9)14)25-13-5-2-10(18)7-15(13)27(23,24)17(19,20)21/h2-8H,1H3. The van der Waals surface area contributed by atoms with Gasteiger partial charge in [0.2, 0.25) is 0 Å². The van der Waals surface area contributed by atoms with Crippen molar-refractivity contribution in [2.75, 3.05) is 0 Å². The lowest BCUT2D eigenvalue weighted by atomic mass is 10.1. The molecular formula is C17H10F4O5S. The first kappa shape index (κ1) is 18.9. The maximum atomic E-state index is 13.4. The zero-order valence-corrected chi connectivity index (χ0v) is 14.3. The van der Waals surface area contributed by atoms with Gasteiger partial charge in [-0.2, -0.15) is 13.2 Å². The van der Waals surface area contributed by atoms with E-state index in [9.17, 15) is 30.8 Å². The van der Waals surface area contributed by atoms with Gasteiger partial charge in [0, 0.05) is 17.5 Å². The Morgan fingerprint density at radius 1 is 1.04 bits per heavy atom. The molecule has 27 heavy (non-hydrogen) atoms. The molecule has 0 atom stereocenters. The fourth-order valence-electron chi connectivity index (χ4n) is 2.40. The molecule has 0 radical (unpaired) electrons. The van der Waals surface area contributed by atoms with E-state index in [2.05, 4.69) is 0 Å². The normalized spacial score (nSPS) is 12.3. The molecule has 0 aliphatic heterocycles. The van der Waals surface area contributed by atoms with Gasteiger partial charge < -0.3 is 9.15 Å². The smallest absolute Gasteiger partial charge is 0.456 e. The molecule has 3 aromatic rings. The molecule has 1 heterocycles. The maximum absolute atomic E-state index is 13.4. The van der Waals surface area contributed by atoms with Crippen molar-refractivity contribution in [3.8, 4) is 11.5 Å². The third-order valence-corrected chi connectivity index (χ3v) is 5.16. The highest BCUT2D eigenvalue weighted by Crippen LogP contribution is 2.38. The van der Waals surface area contributed by atoms with Gasteiger partial charge in [0.1, 0.15) is 27.8 Å². The third kappa shape index (κ3) is 3.52. The minimum absolute atomic E-state index is 0.0958. The van der Waals surface area contributed by atoms with Crippen molar-refractivity contribution in [1.82, 2.24) is 0 Å². The van der Waals surface area contributed by atoms with E-state index in [0.717, 1.165) is 12.1 Å². The van der Waals surface area contributed by atoms with E-state index in [1.807, 2.05) is 0 Å². The number of halogens is 4. The van der Waals surface area contributed by atoms with Crippen LogP contribution in [0.4, 0.5) is 17.6 Å². The first-order chi connectivity index (χ1) is 12.5. The largest absolute Gasteiger partial charge is 0.502 e. The van der Waals surface area contributed by atoms with Crippen molar-refractivity contribution in [1.29, 1.82) is 0 Å². The summed E-state index contributed by atoms with van der Waals surface area (Å²) in [4.78, 5) is 10.1. The van der Waals surface area contributed by atoms with Gasteiger partial charge >= 0.3 is 11.1 Å². The fourth-order valence-corrected chi connectivity index (χ4v) is 3.29. The number of alkyl halides is 3. The molecule has 0 saturated heterocycles. The molecule has 0 bridgehead atoms. The average Bonchev–Trinajstić information content (AvgIpc) is 2.54. The van der Waals surface area contributed by atoms with E-state index in [1.54, 1.807) is 6.92 Å². The van der Waals surface area contributed by atoms with E-state index in [4.69, 9.17) is 9.15 Å². The van der Waals surface area contributed by atoms with Crippen molar-refractivity contribution < 1.29 is 35.1 Å². The van der Waals surface area contributed by atoms with Crippen LogP contribution in [-0.4, -0.2) is 13.9 Å². The van der Waals surface area contributed by atoms with E-state index in [0.29, 0.717) is 10.9 Å². The lowest BCUT2D eigenvalue weighted by Crippen LogP contribution is -2.23. The van der Waals surface area contributed by atoms with E-state index >= 15 is 0 Å². The average molecular weight is 402 g/mol. The first-order valence-electron chi connectivity index (χ1n) is 7.32. The van der Waals surface area contributed by atoms with Crippen LogP contribution < -0.4 is 10.4 Å². The van der Waals surface area contributed by atoms with Crippen LogP contribution in [0.5, 0.6) is 11.5 Å². The minimum Gasteiger partial charge on any atom is -0.456 e. The molecule has 3 rings (SSSR count). The van der Waals surface area contributed by atoms with Crippen LogP contribution >= 0.6 is 0 Å². The van der Waals surface area contributed by atoms with Crippen LogP contribution in [0.15, 0.2) is 56.6 Å². The topological polar surface area (TPSA) is 73.6 Å². The Morgan fingerprint density at radius 2 is 1.74 bits per heavy atom. The highest BCUT2D eigenvalue weighted by atomic mass is 32.2. The molecule has 0 N–H and O–H groups in total. The highest BCUT2D eigenvalue weighted by molar-refractivity contribution is 7.92. The number of rotatable bonds is 3. The van der Waals surface area contributed by atoms with Gasteiger partial charge in [-0.05, 0) is 42.8 Å². The van der Waals surface area contributed by atoms with Gasteiger partial charge in [0.15, 0.2) is 0 Å². The van der Waals surface area contributed by atoms with Crippen molar-refractivity contribution >= 4 is 20.8 Å². The molecule has 0 unspecified atom stereocenters. The second kappa shape index (κ2) is 6.38. The Morgan fingerprint density at radius 3 is 2.41 bits per heavy atom. The fraction of sp³-hybridized carbons (Fsp3) is 0.118. The van der Waals surface area contributed by atoms with Crippen molar-refractivity contribution in [2.24, 2.45) is 0 Å².